The molecule has 0 aromatic carbocycles. The van der Waals surface area contributed by atoms with Gasteiger partial charge >= 0.3 is 0 Å². The summed E-state index contributed by atoms with van der Waals surface area (Å²) < 4.78 is 6.80. The van der Waals surface area contributed by atoms with Crippen LogP contribution in [0.2, 0.25) is 0 Å². The first-order chi connectivity index (χ1) is 9.13. The molecule has 2 rings (SSSR count). The molecule has 0 bridgehead atoms. The molecular formula is C12H18ClN5O2. The standard InChI is InChI=1S/C12H17N5O2.ClH/c1-3-4-17-10(5-8(2)16-17)15-12(18)9-7-19-11(6-13)14-9;/h5,7H,3-4,6,13H2,1-2H3,(H,15,18);1H. The van der Waals surface area contributed by atoms with Crippen LogP contribution in [0.4, 0.5) is 5.82 Å². The zero-order valence-corrected chi connectivity index (χ0v) is 12.2. The molecule has 2 heterocycles. The van der Waals surface area contributed by atoms with Crippen LogP contribution in [-0.2, 0) is 13.1 Å². The van der Waals surface area contributed by atoms with Crippen LogP contribution in [0.3, 0.4) is 0 Å². The van der Waals surface area contributed by atoms with E-state index in [0.717, 1.165) is 18.7 Å². The molecule has 0 saturated carbocycles. The van der Waals surface area contributed by atoms with Gasteiger partial charge in [-0.25, -0.2) is 9.67 Å². The van der Waals surface area contributed by atoms with Gasteiger partial charge < -0.3 is 15.5 Å². The molecule has 0 radical (unpaired) electrons. The number of hydrogen-bond donors (Lipinski definition) is 2. The van der Waals surface area contributed by atoms with Crippen molar-refractivity contribution in [2.45, 2.75) is 33.4 Å². The number of nitrogens with one attached hydrogen (secondary N) is 1. The summed E-state index contributed by atoms with van der Waals surface area (Å²) in [6, 6.07) is 1.82. The van der Waals surface area contributed by atoms with Gasteiger partial charge in [0.15, 0.2) is 5.69 Å². The molecule has 8 heteroatoms. The lowest BCUT2D eigenvalue weighted by Gasteiger charge is -2.06. The van der Waals surface area contributed by atoms with Crippen LogP contribution >= 0.6 is 12.4 Å². The fourth-order valence-electron chi connectivity index (χ4n) is 1.72. The SMILES string of the molecule is CCCn1nc(C)cc1NC(=O)c1coc(CN)n1.Cl. The number of rotatable bonds is 5. The molecule has 110 valence electrons. The van der Waals surface area contributed by atoms with Gasteiger partial charge in [-0.1, -0.05) is 6.92 Å². The van der Waals surface area contributed by atoms with E-state index >= 15 is 0 Å². The number of carbonyl (C=O) groups excluding carboxylic acids is 1. The number of hydrogen-bond acceptors (Lipinski definition) is 5. The van der Waals surface area contributed by atoms with Crippen LogP contribution in [0.1, 0.15) is 35.4 Å². The summed E-state index contributed by atoms with van der Waals surface area (Å²) in [5, 5.41) is 7.07. The average Bonchev–Trinajstić information content (AvgIpc) is 2.97. The zero-order chi connectivity index (χ0) is 13.8. The van der Waals surface area contributed by atoms with Crippen LogP contribution < -0.4 is 11.1 Å². The second-order valence-electron chi connectivity index (χ2n) is 4.18. The molecule has 0 aliphatic heterocycles. The highest BCUT2D eigenvalue weighted by molar-refractivity contribution is 6.02. The zero-order valence-electron chi connectivity index (χ0n) is 11.4. The third-order valence-corrected chi connectivity index (χ3v) is 2.54. The second-order valence-corrected chi connectivity index (χ2v) is 4.18. The molecular weight excluding hydrogens is 282 g/mol. The van der Waals surface area contributed by atoms with E-state index in [1.165, 1.54) is 6.26 Å². The maximum absolute atomic E-state index is 12.0. The number of anilines is 1. The van der Waals surface area contributed by atoms with Gasteiger partial charge in [0.25, 0.3) is 5.91 Å². The number of aryl methyl sites for hydroxylation is 2. The average molecular weight is 300 g/mol. The van der Waals surface area contributed by atoms with Crippen molar-refractivity contribution >= 4 is 24.1 Å². The van der Waals surface area contributed by atoms with Gasteiger partial charge in [-0.2, -0.15) is 5.10 Å². The van der Waals surface area contributed by atoms with E-state index in [-0.39, 0.29) is 30.6 Å². The van der Waals surface area contributed by atoms with Gasteiger partial charge in [0.1, 0.15) is 12.1 Å². The van der Waals surface area contributed by atoms with Gasteiger partial charge in [0.05, 0.1) is 12.2 Å². The van der Waals surface area contributed by atoms with Gasteiger partial charge in [0, 0.05) is 12.6 Å². The number of carbonyl (C=O) groups is 1. The topological polar surface area (TPSA) is 99.0 Å². The Bertz CT molecular complexity index is 578. The summed E-state index contributed by atoms with van der Waals surface area (Å²) in [7, 11) is 0. The Morgan fingerprint density at radius 2 is 2.30 bits per heavy atom. The predicted octanol–water partition coefficient (Wildman–Crippen LogP) is 1.72. The van der Waals surface area contributed by atoms with Crippen molar-refractivity contribution in [1.29, 1.82) is 0 Å². The van der Waals surface area contributed by atoms with Crippen molar-refractivity contribution < 1.29 is 9.21 Å². The van der Waals surface area contributed by atoms with Gasteiger partial charge in [-0.3, -0.25) is 4.79 Å². The first-order valence-corrected chi connectivity index (χ1v) is 6.14. The fourth-order valence-corrected chi connectivity index (χ4v) is 1.72. The Morgan fingerprint density at radius 1 is 1.55 bits per heavy atom. The van der Waals surface area contributed by atoms with Crippen molar-refractivity contribution in [2.24, 2.45) is 5.73 Å². The van der Waals surface area contributed by atoms with Crippen molar-refractivity contribution in [3.63, 3.8) is 0 Å². The summed E-state index contributed by atoms with van der Waals surface area (Å²) in [6.45, 7) is 4.84. The lowest BCUT2D eigenvalue weighted by molar-refractivity contribution is 0.102. The van der Waals surface area contributed by atoms with E-state index in [0.29, 0.717) is 11.7 Å². The molecule has 0 atom stereocenters. The number of aromatic nitrogens is 3. The number of nitrogens with two attached hydrogens (primary N) is 1. The quantitative estimate of drug-likeness (QED) is 0.876. The molecule has 0 aliphatic carbocycles. The summed E-state index contributed by atoms with van der Waals surface area (Å²) in [5.41, 5.74) is 6.44. The Morgan fingerprint density at radius 3 is 2.90 bits per heavy atom. The molecule has 0 spiro atoms. The molecule has 20 heavy (non-hydrogen) atoms. The lowest BCUT2D eigenvalue weighted by Crippen LogP contribution is -2.16. The number of nitrogens with zero attached hydrogens (tertiary/aromatic N) is 3. The maximum atomic E-state index is 12.0. The molecule has 2 aromatic heterocycles. The normalized spacial score (nSPS) is 10.2. The summed E-state index contributed by atoms with van der Waals surface area (Å²) in [4.78, 5) is 16.0. The molecule has 1 amide bonds. The smallest absolute Gasteiger partial charge is 0.278 e. The fraction of sp³-hybridized carbons (Fsp3) is 0.417. The van der Waals surface area contributed by atoms with Gasteiger partial charge in [-0.15, -0.1) is 12.4 Å². The first-order valence-electron chi connectivity index (χ1n) is 6.14. The van der Waals surface area contributed by atoms with Crippen LogP contribution in [0.5, 0.6) is 0 Å². The lowest BCUT2D eigenvalue weighted by atomic mass is 10.4. The molecule has 3 N–H and O–H groups in total. The predicted molar refractivity (Wildman–Crippen MR) is 76.9 cm³/mol. The molecule has 2 aromatic rings. The third-order valence-electron chi connectivity index (χ3n) is 2.54. The summed E-state index contributed by atoms with van der Waals surface area (Å²) in [6.07, 6.45) is 2.23. The minimum absolute atomic E-state index is 0. The van der Waals surface area contributed by atoms with Crippen molar-refractivity contribution in [3.05, 3.63) is 29.6 Å². The largest absolute Gasteiger partial charge is 0.447 e. The van der Waals surface area contributed by atoms with Crippen molar-refractivity contribution in [3.8, 4) is 0 Å². The maximum Gasteiger partial charge on any atom is 0.278 e. The molecule has 0 fully saturated rings. The Labute approximate surface area is 123 Å². The van der Waals surface area contributed by atoms with E-state index in [4.69, 9.17) is 10.2 Å². The second kappa shape index (κ2) is 7.06. The van der Waals surface area contributed by atoms with E-state index < -0.39 is 0 Å². The Balaban J connectivity index is 0.00000200. The van der Waals surface area contributed by atoms with Gasteiger partial charge in [-0.05, 0) is 13.3 Å². The Kier molecular flexibility index (Phi) is 5.72. The monoisotopic (exact) mass is 299 g/mol. The van der Waals surface area contributed by atoms with E-state index in [1.807, 2.05) is 19.9 Å². The highest BCUT2D eigenvalue weighted by Crippen LogP contribution is 2.12. The first kappa shape index (κ1) is 16.2. The van der Waals surface area contributed by atoms with Crippen LogP contribution in [-0.4, -0.2) is 20.7 Å². The van der Waals surface area contributed by atoms with Crippen molar-refractivity contribution in [2.75, 3.05) is 5.32 Å². The Hall–Kier alpha value is -1.86. The van der Waals surface area contributed by atoms with Crippen LogP contribution in [0.15, 0.2) is 16.7 Å². The van der Waals surface area contributed by atoms with E-state index in [2.05, 4.69) is 15.4 Å². The van der Waals surface area contributed by atoms with E-state index in [9.17, 15) is 4.79 Å². The molecule has 7 nitrogen and oxygen atoms in total. The minimum atomic E-state index is -0.333. The minimum Gasteiger partial charge on any atom is -0.447 e. The summed E-state index contributed by atoms with van der Waals surface area (Å²) in [5.74, 6) is 0.658. The summed E-state index contributed by atoms with van der Waals surface area (Å²) >= 11 is 0. The van der Waals surface area contributed by atoms with Gasteiger partial charge in [0.2, 0.25) is 5.89 Å². The van der Waals surface area contributed by atoms with Crippen molar-refractivity contribution in [1.82, 2.24) is 14.8 Å². The molecule has 0 unspecified atom stereocenters. The molecule has 0 aliphatic rings. The highest BCUT2D eigenvalue weighted by atomic mass is 35.5. The molecule has 0 saturated heterocycles. The van der Waals surface area contributed by atoms with Crippen LogP contribution in [0, 0.1) is 6.92 Å². The van der Waals surface area contributed by atoms with Crippen LogP contribution in [0.25, 0.3) is 0 Å². The number of halogens is 1. The number of oxazole rings is 1. The third kappa shape index (κ3) is 3.58. The highest BCUT2D eigenvalue weighted by Gasteiger charge is 2.14. The number of amides is 1. The van der Waals surface area contributed by atoms with E-state index in [1.54, 1.807) is 4.68 Å².